The summed E-state index contributed by atoms with van der Waals surface area (Å²) < 4.78 is 6.16. The number of carbonyl (C=O) groups is 3. The largest absolute Gasteiger partial charge is 0.489 e. The van der Waals surface area contributed by atoms with Gasteiger partial charge >= 0.3 is 0 Å². The van der Waals surface area contributed by atoms with Crippen molar-refractivity contribution in [2.45, 2.75) is 38.6 Å². The number of imide groups is 1. The van der Waals surface area contributed by atoms with E-state index in [0.717, 1.165) is 43.9 Å². The third kappa shape index (κ3) is 5.38. The standard InChI is InChI=1S/C31H32N4O4/c36-29-14-13-27(30(37)32-29)35-20-26-25(31(35)38)7-4-8-28(26)39-21-23-11-9-22(10-12-23)19-33-15-17-34(18-16-33)24-5-2-1-3-6-24/h1-12,27H,13-21H2,(H,32,36,37). The van der Waals surface area contributed by atoms with E-state index in [1.165, 1.54) is 11.3 Å². The molecule has 8 heteroatoms. The molecule has 0 radical (unpaired) electrons. The van der Waals surface area contributed by atoms with Gasteiger partial charge in [0.05, 0.1) is 6.54 Å². The van der Waals surface area contributed by atoms with E-state index in [1.54, 1.807) is 17.0 Å². The van der Waals surface area contributed by atoms with Gasteiger partial charge in [-0.15, -0.1) is 0 Å². The number of ether oxygens (including phenoxy) is 1. The second kappa shape index (κ2) is 10.9. The first-order chi connectivity index (χ1) is 19.0. The van der Waals surface area contributed by atoms with Crippen molar-refractivity contribution in [1.29, 1.82) is 0 Å². The van der Waals surface area contributed by atoms with Gasteiger partial charge in [-0.2, -0.15) is 0 Å². The second-order valence-electron chi connectivity index (χ2n) is 10.4. The molecule has 39 heavy (non-hydrogen) atoms. The minimum absolute atomic E-state index is 0.195. The SMILES string of the molecule is O=C1CCC(N2Cc3c(OCc4ccc(CN5CCN(c6ccccc6)CC5)cc4)cccc3C2=O)C(=O)N1. The van der Waals surface area contributed by atoms with Gasteiger partial charge in [0, 0.05) is 56.0 Å². The number of hydrogen-bond acceptors (Lipinski definition) is 6. The Morgan fingerprint density at radius 2 is 1.56 bits per heavy atom. The van der Waals surface area contributed by atoms with E-state index in [2.05, 4.69) is 69.7 Å². The van der Waals surface area contributed by atoms with Gasteiger partial charge in [-0.1, -0.05) is 48.5 Å². The van der Waals surface area contributed by atoms with Crippen LogP contribution in [0.2, 0.25) is 0 Å². The minimum Gasteiger partial charge on any atom is -0.489 e. The van der Waals surface area contributed by atoms with Crippen LogP contribution in [0.1, 0.15) is 39.9 Å². The summed E-state index contributed by atoms with van der Waals surface area (Å²) in [5.74, 6) is -0.246. The number of nitrogens with one attached hydrogen (secondary N) is 1. The Morgan fingerprint density at radius 3 is 2.31 bits per heavy atom. The van der Waals surface area contributed by atoms with Crippen LogP contribution in [0.3, 0.4) is 0 Å². The molecular formula is C31H32N4O4. The number of para-hydroxylation sites is 1. The fourth-order valence-electron chi connectivity index (χ4n) is 5.66. The van der Waals surface area contributed by atoms with Crippen molar-refractivity contribution >= 4 is 23.4 Å². The fraction of sp³-hybridized carbons (Fsp3) is 0.323. The lowest BCUT2D eigenvalue weighted by atomic mass is 10.0. The number of hydrogen-bond donors (Lipinski definition) is 1. The number of fused-ring (bicyclic) bond motifs is 1. The van der Waals surface area contributed by atoms with Gasteiger partial charge in [-0.25, -0.2) is 0 Å². The molecule has 1 atom stereocenters. The molecule has 0 saturated carbocycles. The smallest absolute Gasteiger partial charge is 0.255 e. The van der Waals surface area contributed by atoms with Gasteiger partial charge in [0.25, 0.3) is 5.91 Å². The Labute approximate surface area is 228 Å². The van der Waals surface area contributed by atoms with Gasteiger partial charge in [-0.3, -0.25) is 24.6 Å². The van der Waals surface area contributed by atoms with Gasteiger partial charge in [0.15, 0.2) is 0 Å². The van der Waals surface area contributed by atoms with Crippen LogP contribution >= 0.6 is 0 Å². The number of carbonyl (C=O) groups excluding carboxylic acids is 3. The zero-order valence-electron chi connectivity index (χ0n) is 21.8. The number of anilines is 1. The normalized spacial score (nSPS) is 19.7. The molecule has 3 heterocycles. The number of rotatable bonds is 7. The Balaban J connectivity index is 1.03. The van der Waals surface area contributed by atoms with E-state index in [-0.39, 0.29) is 18.2 Å². The molecule has 0 spiro atoms. The lowest BCUT2D eigenvalue weighted by Gasteiger charge is -2.36. The predicted octanol–water partition coefficient (Wildman–Crippen LogP) is 3.35. The molecule has 3 aromatic carbocycles. The van der Waals surface area contributed by atoms with Crippen molar-refractivity contribution in [3.63, 3.8) is 0 Å². The molecule has 3 aliphatic heterocycles. The Kier molecular flexibility index (Phi) is 7.02. The first kappa shape index (κ1) is 25.1. The van der Waals surface area contributed by atoms with E-state index in [0.29, 0.717) is 30.9 Å². The summed E-state index contributed by atoms with van der Waals surface area (Å²) in [7, 11) is 0. The van der Waals surface area contributed by atoms with E-state index in [9.17, 15) is 14.4 Å². The van der Waals surface area contributed by atoms with Crippen LogP contribution in [0.25, 0.3) is 0 Å². The summed E-state index contributed by atoms with van der Waals surface area (Å²) in [6.45, 7) is 5.74. The molecule has 8 nitrogen and oxygen atoms in total. The van der Waals surface area contributed by atoms with E-state index in [4.69, 9.17) is 4.74 Å². The van der Waals surface area contributed by atoms with E-state index < -0.39 is 11.9 Å². The van der Waals surface area contributed by atoms with Crippen molar-refractivity contribution in [1.82, 2.24) is 15.1 Å². The third-order valence-electron chi connectivity index (χ3n) is 7.86. The number of amides is 3. The molecule has 3 aliphatic rings. The van der Waals surface area contributed by atoms with Gasteiger partial charge in [0.2, 0.25) is 11.8 Å². The molecule has 200 valence electrons. The number of piperidine rings is 1. The van der Waals surface area contributed by atoms with Crippen molar-refractivity contribution < 1.29 is 19.1 Å². The van der Waals surface area contributed by atoms with Crippen LogP contribution in [0.5, 0.6) is 5.75 Å². The maximum absolute atomic E-state index is 13.0. The van der Waals surface area contributed by atoms with Crippen LogP contribution in [-0.2, 0) is 29.3 Å². The first-order valence-electron chi connectivity index (χ1n) is 13.5. The Morgan fingerprint density at radius 1 is 0.821 bits per heavy atom. The van der Waals surface area contributed by atoms with Gasteiger partial charge < -0.3 is 14.5 Å². The molecule has 3 aromatic rings. The van der Waals surface area contributed by atoms with Crippen LogP contribution < -0.4 is 15.0 Å². The average Bonchev–Trinajstić information content (AvgIpc) is 3.30. The van der Waals surface area contributed by atoms with Crippen molar-refractivity contribution in [2.75, 3.05) is 31.1 Å². The maximum Gasteiger partial charge on any atom is 0.255 e. The minimum atomic E-state index is -0.635. The van der Waals surface area contributed by atoms with Crippen LogP contribution in [-0.4, -0.2) is 59.7 Å². The summed E-state index contributed by atoms with van der Waals surface area (Å²) in [6.07, 6.45) is 0.579. The Bertz CT molecular complexity index is 1370. The summed E-state index contributed by atoms with van der Waals surface area (Å²) in [5.41, 5.74) is 4.96. The summed E-state index contributed by atoms with van der Waals surface area (Å²) in [5, 5.41) is 2.35. The highest BCUT2D eigenvalue weighted by Crippen LogP contribution is 2.34. The van der Waals surface area contributed by atoms with Crippen molar-refractivity contribution in [3.8, 4) is 5.75 Å². The summed E-state index contributed by atoms with van der Waals surface area (Å²) >= 11 is 0. The lowest BCUT2D eigenvalue weighted by molar-refractivity contribution is -0.136. The molecule has 2 saturated heterocycles. The van der Waals surface area contributed by atoms with Crippen LogP contribution in [0, 0.1) is 0 Å². The summed E-state index contributed by atoms with van der Waals surface area (Å²) in [6, 6.07) is 23.9. The highest BCUT2D eigenvalue weighted by atomic mass is 16.5. The van der Waals surface area contributed by atoms with Gasteiger partial charge in [0.1, 0.15) is 18.4 Å². The third-order valence-corrected chi connectivity index (χ3v) is 7.86. The summed E-state index contributed by atoms with van der Waals surface area (Å²) in [4.78, 5) is 43.4. The van der Waals surface area contributed by atoms with Crippen molar-refractivity contribution in [3.05, 3.63) is 95.1 Å². The van der Waals surface area contributed by atoms with Crippen molar-refractivity contribution in [2.24, 2.45) is 0 Å². The van der Waals surface area contributed by atoms with Crippen LogP contribution in [0.15, 0.2) is 72.8 Å². The topological polar surface area (TPSA) is 82.2 Å². The highest BCUT2D eigenvalue weighted by molar-refractivity contribution is 6.05. The molecular weight excluding hydrogens is 492 g/mol. The monoisotopic (exact) mass is 524 g/mol. The lowest BCUT2D eigenvalue weighted by Crippen LogP contribution is -2.52. The maximum atomic E-state index is 13.0. The quantitative estimate of drug-likeness (QED) is 0.478. The molecule has 3 amide bonds. The van der Waals surface area contributed by atoms with Gasteiger partial charge in [-0.05, 0) is 41.8 Å². The molecule has 0 bridgehead atoms. The fourth-order valence-corrected chi connectivity index (χ4v) is 5.66. The van der Waals surface area contributed by atoms with E-state index >= 15 is 0 Å². The molecule has 1 unspecified atom stereocenters. The second-order valence-corrected chi connectivity index (χ2v) is 10.4. The zero-order valence-corrected chi connectivity index (χ0v) is 21.8. The Hall–Kier alpha value is -4.17. The average molecular weight is 525 g/mol. The predicted molar refractivity (Wildman–Crippen MR) is 147 cm³/mol. The number of benzene rings is 3. The molecule has 2 fully saturated rings. The highest BCUT2D eigenvalue weighted by Gasteiger charge is 2.40. The molecule has 0 aliphatic carbocycles. The van der Waals surface area contributed by atoms with E-state index in [1.807, 2.05) is 6.07 Å². The first-order valence-corrected chi connectivity index (χ1v) is 13.5. The molecule has 0 aromatic heterocycles. The van der Waals surface area contributed by atoms with Crippen LogP contribution in [0.4, 0.5) is 5.69 Å². The number of piperazine rings is 1. The number of nitrogens with zero attached hydrogens (tertiary/aromatic N) is 3. The molecule has 6 rings (SSSR count). The zero-order chi connectivity index (χ0) is 26.8. The molecule has 1 N–H and O–H groups in total.